The van der Waals surface area contributed by atoms with E-state index in [1.165, 1.54) is 44.9 Å². The minimum Gasteiger partial charge on any atom is -0.390 e. The zero-order valence-corrected chi connectivity index (χ0v) is 15.2. The summed E-state index contributed by atoms with van der Waals surface area (Å²) in [6.45, 7) is 4.88. The summed E-state index contributed by atoms with van der Waals surface area (Å²) in [5.74, 6) is 1.55. The zero-order chi connectivity index (χ0) is 16.8. The first-order chi connectivity index (χ1) is 11.5. The van der Waals surface area contributed by atoms with Gasteiger partial charge < -0.3 is 10.4 Å². The van der Waals surface area contributed by atoms with Crippen LogP contribution in [0.5, 0.6) is 0 Å². The maximum absolute atomic E-state index is 12.6. The summed E-state index contributed by atoms with van der Waals surface area (Å²) in [4.78, 5) is 14.9. The minimum atomic E-state index is -0.437. The molecule has 0 aromatic heterocycles. The van der Waals surface area contributed by atoms with Crippen LogP contribution in [0.4, 0.5) is 0 Å². The summed E-state index contributed by atoms with van der Waals surface area (Å²) in [5.41, 5.74) is -0.291. The number of nitrogens with zero attached hydrogens (tertiary/aromatic N) is 1. The Morgan fingerprint density at radius 2 is 1.75 bits per heavy atom. The second-order valence-electron chi connectivity index (χ2n) is 9.53. The van der Waals surface area contributed by atoms with Crippen LogP contribution in [0.2, 0.25) is 0 Å². The molecule has 24 heavy (non-hydrogen) atoms. The Balaban J connectivity index is 1.37. The number of carbonyl (C=O) groups excluding carboxylic acids is 1. The van der Waals surface area contributed by atoms with Crippen LogP contribution in [0, 0.1) is 17.3 Å². The molecule has 4 heteroatoms. The molecule has 2 N–H and O–H groups in total. The Kier molecular flexibility index (Phi) is 4.41. The number of carbonyl (C=O) groups is 1. The third-order valence-corrected chi connectivity index (χ3v) is 7.44. The Morgan fingerprint density at radius 3 is 2.33 bits per heavy atom. The van der Waals surface area contributed by atoms with Crippen molar-refractivity contribution in [3.8, 4) is 0 Å². The van der Waals surface area contributed by atoms with Crippen molar-refractivity contribution in [1.82, 2.24) is 10.2 Å². The monoisotopic (exact) mass is 334 g/mol. The van der Waals surface area contributed by atoms with Crippen LogP contribution < -0.4 is 5.32 Å². The highest BCUT2D eigenvalue weighted by atomic mass is 16.3. The minimum absolute atomic E-state index is 0.146. The molecule has 0 radical (unpaired) electrons. The number of amides is 1. The van der Waals surface area contributed by atoms with Crippen molar-refractivity contribution >= 4 is 5.91 Å². The fourth-order valence-corrected chi connectivity index (χ4v) is 6.73. The van der Waals surface area contributed by atoms with E-state index in [0.717, 1.165) is 32.4 Å². The van der Waals surface area contributed by atoms with Crippen LogP contribution in [0.3, 0.4) is 0 Å². The molecule has 0 spiro atoms. The van der Waals surface area contributed by atoms with Crippen LogP contribution in [0.1, 0.15) is 71.1 Å². The first-order valence-electron chi connectivity index (χ1n) is 10.2. The molecule has 136 valence electrons. The molecule has 3 atom stereocenters. The lowest BCUT2D eigenvalue weighted by Gasteiger charge is -2.62. The molecule has 0 aromatic rings. The van der Waals surface area contributed by atoms with E-state index in [-0.39, 0.29) is 17.4 Å². The maximum Gasteiger partial charge on any atom is 0.234 e. The molecule has 1 aliphatic heterocycles. The van der Waals surface area contributed by atoms with Gasteiger partial charge in [-0.25, -0.2) is 0 Å². The quantitative estimate of drug-likeness (QED) is 0.831. The third-order valence-electron chi connectivity index (χ3n) is 7.44. The fourth-order valence-electron chi connectivity index (χ4n) is 6.73. The number of hydrogen-bond donors (Lipinski definition) is 2. The van der Waals surface area contributed by atoms with E-state index >= 15 is 0 Å². The zero-order valence-electron chi connectivity index (χ0n) is 15.2. The van der Waals surface area contributed by atoms with E-state index in [1.54, 1.807) is 0 Å². The molecule has 0 aromatic carbocycles. The molecule has 4 aliphatic carbocycles. The summed E-state index contributed by atoms with van der Waals surface area (Å²) in [7, 11) is 0. The van der Waals surface area contributed by atoms with Crippen molar-refractivity contribution in [2.45, 2.75) is 82.8 Å². The van der Waals surface area contributed by atoms with Gasteiger partial charge in [-0.05, 0) is 88.6 Å². The molecule has 4 saturated carbocycles. The normalized spacial score (nSPS) is 43.4. The van der Waals surface area contributed by atoms with Crippen molar-refractivity contribution < 1.29 is 9.90 Å². The van der Waals surface area contributed by atoms with Crippen molar-refractivity contribution in [1.29, 1.82) is 0 Å². The lowest BCUT2D eigenvalue weighted by molar-refractivity contribution is -0.173. The van der Waals surface area contributed by atoms with Gasteiger partial charge in [0.05, 0.1) is 12.1 Å². The van der Waals surface area contributed by atoms with Gasteiger partial charge in [0.25, 0.3) is 0 Å². The van der Waals surface area contributed by atoms with Gasteiger partial charge in [0.15, 0.2) is 0 Å². The van der Waals surface area contributed by atoms with Gasteiger partial charge in [-0.3, -0.25) is 9.69 Å². The summed E-state index contributed by atoms with van der Waals surface area (Å²) >= 11 is 0. The molecular weight excluding hydrogens is 300 g/mol. The molecule has 1 amide bonds. The van der Waals surface area contributed by atoms with Gasteiger partial charge in [-0.1, -0.05) is 12.8 Å². The largest absolute Gasteiger partial charge is 0.390 e. The fraction of sp³-hybridized carbons (Fsp3) is 0.950. The van der Waals surface area contributed by atoms with Crippen molar-refractivity contribution in [3.63, 3.8) is 0 Å². The number of nitrogens with one attached hydrogen (secondary N) is 1. The Bertz CT molecular complexity index is 470. The van der Waals surface area contributed by atoms with E-state index in [1.807, 2.05) is 0 Å². The molecule has 1 saturated heterocycles. The van der Waals surface area contributed by atoms with Crippen LogP contribution in [0.15, 0.2) is 0 Å². The van der Waals surface area contributed by atoms with E-state index in [2.05, 4.69) is 17.1 Å². The molecule has 1 heterocycles. The summed E-state index contributed by atoms with van der Waals surface area (Å²) in [6, 6.07) is 0.189. The van der Waals surface area contributed by atoms with Gasteiger partial charge in [0, 0.05) is 6.04 Å². The Labute approximate surface area is 146 Å². The lowest BCUT2D eigenvalue weighted by Crippen LogP contribution is -2.62. The van der Waals surface area contributed by atoms with Crippen molar-refractivity contribution in [2.75, 3.05) is 19.6 Å². The Hall–Kier alpha value is -0.610. The van der Waals surface area contributed by atoms with Crippen molar-refractivity contribution in [3.05, 3.63) is 0 Å². The first-order valence-corrected chi connectivity index (χ1v) is 10.2. The Morgan fingerprint density at radius 1 is 1.12 bits per heavy atom. The van der Waals surface area contributed by atoms with Crippen LogP contribution in [0.25, 0.3) is 0 Å². The smallest absolute Gasteiger partial charge is 0.234 e. The van der Waals surface area contributed by atoms with Gasteiger partial charge in [0.1, 0.15) is 0 Å². The lowest BCUT2D eigenvalue weighted by atomic mass is 9.46. The van der Waals surface area contributed by atoms with Crippen molar-refractivity contribution in [2.24, 2.45) is 17.3 Å². The highest BCUT2D eigenvalue weighted by Crippen LogP contribution is 2.62. The molecule has 4 nitrogen and oxygen atoms in total. The van der Waals surface area contributed by atoms with Gasteiger partial charge in [-0.15, -0.1) is 0 Å². The third kappa shape index (κ3) is 3.24. The predicted molar refractivity (Wildman–Crippen MR) is 94.6 cm³/mol. The molecule has 3 unspecified atom stereocenters. The summed E-state index contributed by atoms with van der Waals surface area (Å²) < 4.78 is 0. The van der Waals surface area contributed by atoms with Crippen LogP contribution in [-0.4, -0.2) is 47.2 Å². The number of rotatable bonds is 4. The van der Waals surface area contributed by atoms with Crippen LogP contribution in [-0.2, 0) is 4.79 Å². The number of hydrogen-bond acceptors (Lipinski definition) is 3. The number of aliphatic hydroxyl groups is 1. The summed E-state index contributed by atoms with van der Waals surface area (Å²) in [5, 5.41) is 14.3. The highest BCUT2D eigenvalue weighted by molar-refractivity contribution is 5.78. The molecule has 5 fully saturated rings. The predicted octanol–water partition coefficient (Wildman–Crippen LogP) is 2.70. The van der Waals surface area contributed by atoms with E-state index in [0.29, 0.717) is 18.4 Å². The standard InChI is InChI=1S/C20H34N2O2/c1-15(21-18(23)13-22-6-4-2-3-5-7-22)19-9-16-8-17(10-19)12-20(24,11-16)14-19/h15-17,24H,2-14H2,1H3,(H,21,23). The van der Waals surface area contributed by atoms with E-state index in [4.69, 9.17) is 0 Å². The SMILES string of the molecule is CC(NC(=O)CN1CCCCCC1)C12CC3CC(CC(O)(C3)C1)C2. The average Bonchev–Trinajstić information content (AvgIpc) is 2.73. The maximum atomic E-state index is 12.6. The molecular formula is C20H34N2O2. The molecule has 4 bridgehead atoms. The van der Waals surface area contributed by atoms with Gasteiger partial charge >= 0.3 is 0 Å². The van der Waals surface area contributed by atoms with E-state index < -0.39 is 5.60 Å². The molecule has 5 rings (SSSR count). The summed E-state index contributed by atoms with van der Waals surface area (Å²) in [6.07, 6.45) is 11.7. The first kappa shape index (κ1) is 16.8. The highest BCUT2D eigenvalue weighted by Gasteiger charge is 2.58. The van der Waals surface area contributed by atoms with Gasteiger partial charge in [-0.2, -0.15) is 0 Å². The topological polar surface area (TPSA) is 52.6 Å². The second-order valence-corrected chi connectivity index (χ2v) is 9.53. The molecule has 5 aliphatic rings. The van der Waals surface area contributed by atoms with Gasteiger partial charge in [0.2, 0.25) is 5.91 Å². The van der Waals surface area contributed by atoms with Crippen LogP contribution >= 0.6 is 0 Å². The number of likely N-dealkylation sites (tertiary alicyclic amines) is 1. The average molecular weight is 335 g/mol. The van der Waals surface area contributed by atoms with E-state index in [9.17, 15) is 9.90 Å². The second kappa shape index (κ2) is 6.28.